The monoisotopic (exact) mass is 715 g/mol. The van der Waals surface area contributed by atoms with Crippen molar-refractivity contribution in [1.82, 2.24) is 30.1 Å². The third kappa shape index (κ3) is 5.81. The Balaban J connectivity index is 1.23. The van der Waals surface area contributed by atoms with Crippen LogP contribution < -0.4 is 19.7 Å². The standard InChI is InChI=1S/C38H43F2N7O5/c1-5-26-28(39)10-7-21-15-25(48)16-27(29(21)26)32-31(40)33-30(35(42-32)50-4)34(46-17-22-8-9-23(18-46)41-22)44-36(43-33)52-20-38-12-6-14-47(38)24(11-13-38)19-51-37(49)45(2)3/h5,7,10,15-16,22-24,41,48H,1,6,8-9,11-14,17-20H2,2-4H3/t22?,23?,24-,38+/m0/s1. The second-order valence-electron chi connectivity index (χ2n) is 14.6. The van der Waals surface area contributed by atoms with Gasteiger partial charge in [-0.05, 0) is 68.7 Å². The number of piperazine rings is 1. The van der Waals surface area contributed by atoms with Crippen molar-refractivity contribution >= 4 is 39.7 Å². The molecular weight excluding hydrogens is 672 g/mol. The number of hydrogen-bond donors (Lipinski definition) is 2. The number of carbonyl (C=O) groups is 1. The molecule has 2 N–H and O–H groups in total. The van der Waals surface area contributed by atoms with E-state index in [2.05, 4.69) is 26.7 Å². The summed E-state index contributed by atoms with van der Waals surface area (Å²) in [6, 6.07) is 6.25. The van der Waals surface area contributed by atoms with E-state index in [0.29, 0.717) is 41.7 Å². The number of phenols is 1. The zero-order valence-corrected chi connectivity index (χ0v) is 29.6. The first-order valence-electron chi connectivity index (χ1n) is 17.9. The fourth-order valence-corrected chi connectivity index (χ4v) is 8.82. The van der Waals surface area contributed by atoms with Crippen molar-refractivity contribution in [3.63, 3.8) is 0 Å². The van der Waals surface area contributed by atoms with Crippen molar-refractivity contribution in [2.24, 2.45) is 0 Å². The van der Waals surface area contributed by atoms with Crippen molar-refractivity contribution in [2.75, 3.05) is 59.0 Å². The van der Waals surface area contributed by atoms with Gasteiger partial charge in [-0.15, -0.1) is 0 Å². The summed E-state index contributed by atoms with van der Waals surface area (Å²) in [5, 5.41) is 15.5. The quantitative estimate of drug-likeness (QED) is 0.229. The van der Waals surface area contributed by atoms with E-state index in [4.69, 9.17) is 24.2 Å². The van der Waals surface area contributed by atoms with Crippen molar-refractivity contribution in [3.05, 3.63) is 48.0 Å². The molecule has 4 atom stereocenters. The van der Waals surface area contributed by atoms with Gasteiger partial charge in [0.1, 0.15) is 47.2 Å². The van der Waals surface area contributed by atoms with Gasteiger partial charge < -0.3 is 34.4 Å². The number of amides is 1. The number of aromatic nitrogens is 3. The first kappa shape index (κ1) is 34.3. The number of nitrogens with one attached hydrogen (secondary N) is 1. The highest BCUT2D eigenvalue weighted by Gasteiger charge is 2.50. The summed E-state index contributed by atoms with van der Waals surface area (Å²) in [6.45, 7) is 6.51. The van der Waals surface area contributed by atoms with Crippen LogP contribution in [0.15, 0.2) is 30.8 Å². The Labute approximate surface area is 300 Å². The lowest BCUT2D eigenvalue weighted by atomic mass is 9.95. The van der Waals surface area contributed by atoms with Crippen LogP contribution in [0.4, 0.5) is 19.4 Å². The molecule has 0 aliphatic carbocycles. The average molecular weight is 716 g/mol. The van der Waals surface area contributed by atoms with Gasteiger partial charge in [-0.3, -0.25) is 4.90 Å². The number of ether oxygens (including phenoxy) is 3. The molecule has 4 aromatic rings. The fraction of sp³-hybridized carbons (Fsp3) is 0.474. The summed E-state index contributed by atoms with van der Waals surface area (Å²) in [6.07, 6.45) is 6.62. The summed E-state index contributed by atoms with van der Waals surface area (Å²) in [5.74, 6) is -0.898. The summed E-state index contributed by atoms with van der Waals surface area (Å²) in [5.41, 5.74) is -0.198. The van der Waals surface area contributed by atoms with E-state index < -0.39 is 11.6 Å². The Bertz CT molecular complexity index is 2070. The number of benzene rings is 2. The van der Waals surface area contributed by atoms with Crippen LogP contribution >= 0.6 is 0 Å². The molecule has 1 amide bonds. The van der Waals surface area contributed by atoms with E-state index in [0.717, 1.165) is 45.1 Å². The third-order valence-electron chi connectivity index (χ3n) is 11.2. The van der Waals surface area contributed by atoms with Gasteiger partial charge in [-0.1, -0.05) is 18.7 Å². The molecule has 2 unspecified atom stereocenters. The average Bonchev–Trinajstić information content (AvgIpc) is 3.82. The SMILES string of the molecule is C=Cc1c(F)ccc2cc(O)cc(-c3nc(OC)c4c(N5CC6CCC(C5)N6)nc(OC[C@]56CCCN5[C@H](COC(=O)N(C)C)CC6)nc4c3F)c12. The predicted molar refractivity (Wildman–Crippen MR) is 193 cm³/mol. The lowest BCUT2D eigenvalue weighted by molar-refractivity contribution is 0.0484. The maximum Gasteiger partial charge on any atom is 0.409 e. The molecule has 0 spiro atoms. The van der Waals surface area contributed by atoms with Crippen LogP contribution in [0.5, 0.6) is 17.6 Å². The number of aromatic hydroxyl groups is 1. The molecule has 14 heteroatoms. The minimum absolute atomic E-state index is 0.0220. The molecule has 52 heavy (non-hydrogen) atoms. The Kier molecular flexibility index (Phi) is 8.77. The number of nitrogens with zero attached hydrogens (tertiary/aromatic N) is 6. The van der Waals surface area contributed by atoms with E-state index in [1.165, 1.54) is 42.4 Å². The van der Waals surface area contributed by atoms with Gasteiger partial charge in [0.25, 0.3) is 0 Å². The molecule has 0 radical (unpaired) electrons. The maximum atomic E-state index is 17.2. The molecule has 4 fully saturated rings. The molecule has 4 aliphatic heterocycles. The van der Waals surface area contributed by atoms with Crippen molar-refractivity contribution in [3.8, 4) is 28.9 Å². The first-order chi connectivity index (χ1) is 25.1. The van der Waals surface area contributed by atoms with Gasteiger partial charge in [-0.2, -0.15) is 9.97 Å². The normalized spacial score (nSPS) is 24.0. The number of hydrogen-bond acceptors (Lipinski definition) is 11. The predicted octanol–water partition coefficient (Wildman–Crippen LogP) is 5.50. The number of phenolic OH excluding ortho intramolecular Hbond substituents is 1. The Morgan fingerprint density at radius 1 is 1.12 bits per heavy atom. The Morgan fingerprint density at radius 2 is 1.90 bits per heavy atom. The lowest BCUT2D eigenvalue weighted by Gasteiger charge is -2.35. The summed E-state index contributed by atoms with van der Waals surface area (Å²) in [4.78, 5) is 32.4. The second kappa shape index (κ2) is 13.3. The zero-order chi connectivity index (χ0) is 36.3. The van der Waals surface area contributed by atoms with Gasteiger partial charge in [0, 0.05) is 61.8 Å². The number of rotatable bonds is 9. The largest absolute Gasteiger partial charge is 0.508 e. The van der Waals surface area contributed by atoms with Gasteiger partial charge in [-0.25, -0.2) is 18.6 Å². The number of pyridine rings is 1. The van der Waals surface area contributed by atoms with E-state index >= 15 is 8.78 Å². The van der Waals surface area contributed by atoms with Gasteiger partial charge in [0.2, 0.25) is 5.88 Å². The summed E-state index contributed by atoms with van der Waals surface area (Å²) < 4.78 is 50.2. The Hall–Kier alpha value is -4.82. The molecule has 4 saturated heterocycles. The van der Waals surface area contributed by atoms with E-state index in [-0.39, 0.29) is 76.3 Å². The molecule has 2 aromatic carbocycles. The highest BCUT2D eigenvalue weighted by Crippen LogP contribution is 2.45. The molecule has 2 bridgehead atoms. The lowest BCUT2D eigenvalue weighted by Crippen LogP contribution is -2.51. The number of carbonyl (C=O) groups excluding carboxylic acids is 1. The summed E-state index contributed by atoms with van der Waals surface area (Å²) in [7, 11) is 4.78. The zero-order valence-electron chi connectivity index (χ0n) is 29.6. The topological polar surface area (TPSA) is 125 Å². The molecule has 8 rings (SSSR count). The third-order valence-corrected chi connectivity index (χ3v) is 11.2. The van der Waals surface area contributed by atoms with Crippen LogP contribution in [0.3, 0.4) is 0 Å². The molecule has 0 saturated carbocycles. The van der Waals surface area contributed by atoms with Crippen LogP contribution in [-0.4, -0.2) is 114 Å². The first-order valence-corrected chi connectivity index (χ1v) is 17.9. The molecule has 2 aromatic heterocycles. The Morgan fingerprint density at radius 3 is 2.63 bits per heavy atom. The minimum Gasteiger partial charge on any atom is -0.508 e. The van der Waals surface area contributed by atoms with Gasteiger partial charge >= 0.3 is 12.1 Å². The van der Waals surface area contributed by atoms with E-state index in [1.54, 1.807) is 14.1 Å². The number of halogens is 2. The van der Waals surface area contributed by atoms with E-state index in [1.807, 2.05) is 0 Å². The number of fused-ring (bicyclic) bond motifs is 5. The molecule has 274 valence electrons. The highest BCUT2D eigenvalue weighted by atomic mass is 19.1. The van der Waals surface area contributed by atoms with Crippen molar-refractivity contribution in [2.45, 2.75) is 62.2 Å². The van der Waals surface area contributed by atoms with Crippen molar-refractivity contribution in [1.29, 1.82) is 0 Å². The van der Waals surface area contributed by atoms with Gasteiger partial charge in [0.15, 0.2) is 5.82 Å². The maximum absolute atomic E-state index is 17.2. The highest BCUT2D eigenvalue weighted by molar-refractivity contribution is 6.05. The molecule has 4 aliphatic rings. The van der Waals surface area contributed by atoms with Gasteiger partial charge in [0.05, 0.1) is 12.6 Å². The fourth-order valence-electron chi connectivity index (χ4n) is 8.82. The summed E-state index contributed by atoms with van der Waals surface area (Å²) >= 11 is 0. The van der Waals surface area contributed by atoms with Crippen LogP contribution in [0.25, 0.3) is 39.0 Å². The van der Waals surface area contributed by atoms with Crippen LogP contribution in [0.1, 0.15) is 44.1 Å². The minimum atomic E-state index is -0.780. The van der Waals surface area contributed by atoms with Crippen molar-refractivity contribution < 1.29 is 32.9 Å². The van der Waals surface area contributed by atoms with Crippen LogP contribution in [0.2, 0.25) is 0 Å². The number of anilines is 1. The van der Waals surface area contributed by atoms with E-state index in [9.17, 15) is 9.90 Å². The molecule has 6 heterocycles. The molecular formula is C38H43F2N7O5. The number of methoxy groups -OCH3 is 1. The smallest absolute Gasteiger partial charge is 0.409 e. The van der Waals surface area contributed by atoms with Crippen LogP contribution in [-0.2, 0) is 4.74 Å². The second-order valence-corrected chi connectivity index (χ2v) is 14.6. The van der Waals surface area contributed by atoms with Crippen LogP contribution in [0, 0.1) is 11.6 Å². The molecule has 12 nitrogen and oxygen atoms in total.